The maximum Gasteiger partial charge on any atom is 0.249 e. The quantitative estimate of drug-likeness (QED) is 0.843. The van der Waals surface area contributed by atoms with Crippen molar-refractivity contribution in [1.82, 2.24) is 5.32 Å². The number of anilines is 1. The van der Waals surface area contributed by atoms with E-state index in [2.05, 4.69) is 5.32 Å². The second-order valence-electron chi connectivity index (χ2n) is 5.25. The maximum absolute atomic E-state index is 12.3. The fourth-order valence-electron chi connectivity index (χ4n) is 2.30. The number of hydrogen-bond acceptors (Lipinski definition) is 3. The van der Waals surface area contributed by atoms with Crippen LogP contribution in [0.3, 0.4) is 0 Å². The molecular weight excluding hydrogens is 254 g/mol. The van der Waals surface area contributed by atoms with Crippen molar-refractivity contribution in [3.63, 3.8) is 0 Å². The molecule has 1 aromatic carbocycles. The van der Waals surface area contributed by atoms with Crippen LogP contribution in [0.2, 0.25) is 0 Å². The molecule has 1 aromatic rings. The highest BCUT2D eigenvalue weighted by molar-refractivity contribution is 6.01. The molecule has 0 aliphatic carbocycles. The molecule has 0 bridgehead atoms. The van der Waals surface area contributed by atoms with Crippen molar-refractivity contribution in [3.8, 4) is 0 Å². The SMILES string of the molecule is CC(N)CCC(=O)NC1CCN(c2ccccc2)C1=O. The van der Waals surface area contributed by atoms with E-state index in [4.69, 9.17) is 5.73 Å². The summed E-state index contributed by atoms with van der Waals surface area (Å²) < 4.78 is 0. The second kappa shape index (κ2) is 6.52. The van der Waals surface area contributed by atoms with E-state index < -0.39 is 6.04 Å². The standard InChI is InChI=1S/C15H21N3O2/c1-11(16)7-8-14(19)17-13-9-10-18(15(13)20)12-5-3-2-4-6-12/h2-6,11,13H,7-10,16H2,1H3,(H,17,19). The van der Waals surface area contributed by atoms with Crippen LogP contribution in [-0.4, -0.2) is 30.4 Å². The first kappa shape index (κ1) is 14.5. The van der Waals surface area contributed by atoms with Gasteiger partial charge in [-0.05, 0) is 31.9 Å². The van der Waals surface area contributed by atoms with Gasteiger partial charge in [-0.1, -0.05) is 18.2 Å². The van der Waals surface area contributed by atoms with Crippen LogP contribution in [0.1, 0.15) is 26.2 Å². The van der Waals surface area contributed by atoms with Crippen molar-refractivity contribution >= 4 is 17.5 Å². The summed E-state index contributed by atoms with van der Waals surface area (Å²) in [4.78, 5) is 25.7. The molecule has 2 unspecified atom stereocenters. The first-order valence-corrected chi connectivity index (χ1v) is 6.99. The highest BCUT2D eigenvalue weighted by Gasteiger charge is 2.33. The molecule has 108 valence electrons. The lowest BCUT2D eigenvalue weighted by molar-refractivity contribution is -0.126. The van der Waals surface area contributed by atoms with Gasteiger partial charge in [0, 0.05) is 24.7 Å². The topological polar surface area (TPSA) is 75.4 Å². The van der Waals surface area contributed by atoms with Crippen LogP contribution in [0.5, 0.6) is 0 Å². The van der Waals surface area contributed by atoms with Gasteiger partial charge in [0.2, 0.25) is 11.8 Å². The fourth-order valence-corrected chi connectivity index (χ4v) is 2.30. The molecule has 1 aliphatic heterocycles. The summed E-state index contributed by atoms with van der Waals surface area (Å²) in [6.45, 7) is 2.51. The van der Waals surface area contributed by atoms with E-state index in [-0.39, 0.29) is 17.9 Å². The summed E-state index contributed by atoms with van der Waals surface area (Å²) in [6, 6.07) is 9.11. The Hall–Kier alpha value is -1.88. The highest BCUT2D eigenvalue weighted by atomic mass is 16.2. The highest BCUT2D eigenvalue weighted by Crippen LogP contribution is 2.21. The van der Waals surface area contributed by atoms with Crippen LogP contribution in [0.4, 0.5) is 5.69 Å². The molecule has 3 N–H and O–H groups in total. The molecule has 2 amide bonds. The molecule has 20 heavy (non-hydrogen) atoms. The lowest BCUT2D eigenvalue weighted by Gasteiger charge is -2.17. The summed E-state index contributed by atoms with van der Waals surface area (Å²) >= 11 is 0. The number of amides is 2. The zero-order valence-electron chi connectivity index (χ0n) is 11.7. The molecule has 1 aliphatic rings. The number of carbonyl (C=O) groups is 2. The van der Waals surface area contributed by atoms with Crippen molar-refractivity contribution < 1.29 is 9.59 Å². The first-order valence-electron chi connectivity index (χ1n) is 6.99. The predicted molar refractivity (Wildman–Crippen MR) is 78.2 cm³/mol. The lowest BCUT2D eigenvalue weighted by atomic mass is 10.1. The summed E-state index contributed by atoms with van der Waals surface area (Å²) in [7, 11) is 0. The normalized spacial score (nSPS) is 20.0. The van der Waals surface area contributed by atoms with Gasteiger partial charge in [-0.2, -0.15) is 0 Å². The minimum atomic E-state index is -0.407. The summed E-state index contributed by atoms with van der Waals surface area (Å²) in [6.07, 6.45) is 1.65. The molecule has 1 fully saturated rings. The number of nitrogens with one attached hydrogen (secondary N) is 1. The molecule has 0 saturated carbocycles. The Labute approximate surface area is 119 Å². The van der Waals surface area contributed by atoms with Crippen molar-refractivity contribution in [3.05, 3.63) is 30.3 Å². The molecule has 2 atom stereocenters. The zero-order valence-corrected chi connectivity index (χ0v) is 11.7. The van der Waals surface area contributed by atoms with Crippen LogP contribution in [0.25, 0.3) is 0 Å². The number of carbonyl (C=O) groups excluding carboxylic acids is 2. The van der Waals surface area contributed by atoms with Crippen LogP contribution >= 0.6 is 0 Å². The number of para-hydroxylation sites is 1. The van der Waals surface area contributed by atoms with Gasteiger partial charge >= 0.3 is 0 Å². The zero-order chi connectivity index (χ0) is 14.5. The molecule has 5 nitrogen and oxygen atoms in total. The van der Waals surface area contributed by atoms with Crippen LogP contribution in [0.15, 0.2) is 30.3 Å². The summed E-state index contributed by atoms with van der Waals surface area (Å²) in [5.74, 6) is -0.138. The summed E-state index contributed by atoms with van der Waals surface area (Å²) in [5.41, 5.74) is 6.50. The summed E-state index contributed by atoms with van der Waals surface area (Å²) in [5, 5.41) is 2.80. The van der Waals surface area contributed by atoms with Gasteiger partial charge < -0.3 is 16.0 Å². The van der Waals surface area contributed by atoms with Gasteiger partial charge in [0.1, 0.15) is 6.04 Å². The Kier molecular flexibility index (Phi) is 4.74. The maximum atomic E-state index is 12.3. The van der Waals surface area contributed by atoms with Crippen molar-refractivity contribution in [2.45, 2.75) is 38.3 Å². The van der Waals surface area contributed by atoms with E-state index in [9.17, 15) is 9.59 Å². The third-order valence-electron chi connectivity index (χ3n) is 3.44. The molecule has 2 rings (SSSR count). The monoisotopic (exact) mass is 275 g/mol. The lowest BCUT2D eigenvalue weighted by Crippen LogP contribution is -2.41. The third-order valence-corrected chi connectivity index (χ3v) is 3.44. The minimum Gasteiger partial charge on any atom is -0.344 e. The number of rotatable bonds is 5. The Balaban J connectivity index is 1.90. The molecule has 1 saturated heterocycles. The van der Waals surface area contributed by atoms with Crippen molar-refractivity contribution in [1.29, 1.82) is 0 Å². The van der Waals surface area contributed by atoms with Crippen LogP contribution < -0.4 is 16.0 Å². The largest absolute Gasteiger partial charge is 0.344 e. The molecule has 5 heteroatoms. The Morgan fingerprint density at radius 1 is 1.45 bits per heavy atom. The van der Waals surface area contributed by atoms with Gasteiger partial charge in [0.05, 0.1) is 0 Å². The van der Waals surface area contributed by atoms with E-state index in [1.165, 1.54) is 0 Å². The second-order valence-corrected chi connectivity index (χ2v) is 5.25. The smallest absolute Gasteiger partial charge is 0.249 e. The number of hydrogen-bond donors (Lipinski definition) is 2. The molecule has 0 spiro atoms. The minimum absolute atomic E-state index is 0.000784. The van der Waals surface area contributed by atoms with Crippen molar-refractivity contribution in [2.24, 2.45) is 5.73 Å². The number of benzene rings is 1. The molecular formula is C15H21N3O2. The van der Waals surface area contributed by atoms with Crippen LogP contribution in [-0.2, 0) is 9.59 Å². The fraction of sp³-hybridized carbons (Fsp3) is 0.467. The Morgan fingerprint density at radius 3 is 2.80 bits per heavy atom. The third kappa shape index (κ3) is 3.57. The molecule has 0 radical (unpaired) electrons. The van der Waals surface area contributed by atoms with E-state index in [1.54, 1.807) is 4.90 Å². The van der Waals surface area contributed by atoms with Crippen molar-refractivity contribution in [2.75, 3.05) is 11.4 Å². The average Bonchev–Trinajstić information content (AvgIpc) is 2.79. The first-order chi connectivity index (χ1) is 9.58. The van der Waals surface area contributed by atoms with Gasteiger partial charge in [-0.25, -0.2) is 0 Å². The predicted octanol–water partition coefficient (Wildman–Crippen LogP) is 1.04. The Bertz CT molecular complexity index is 473. The van der Waals surface area contributed by atoms with E-state index in [1.807, 2.05) is 37.3 Å². The van der Waals surface area contributed by atoms with E-state index >= 15 is 0 Å². The Morgan fingerprint density at radius 2 is 2.15 bits per heavy atom. The number of nitrogens with zero attached hydrogens (tertiary/aromatic N) is 1. The van der Waals surface area contributed by atoms with Gasteiger partial charge in [-0.3, -0.25) is 9.59 Å². The van der Waals surface area contributed by atoms with Gasteiger partial charge in [0.25, 0.3) is 0 Å². The van der Waals surface area contributed by atoms with Gasteiger partial charge in [0.15, 0.2) is 0 Å². The molecule has 1 heterocycles. The number of nitrogens with two attached hydrogens (primary N) is 1. The van der Waals surface area contributed by atoms with E-state index in [0.29, 0.717) is 25.8 Å². The van der Waals surface area contributed by atoms with E-state index in [0.717, 1.165) is 5.69 Å². The average molecular weight is 275 g/mol. The molecule has 0 aromatic heterocycles. The van der Waals surface area contributed by atoms with Gasteiger partial charge in [-0.15, -0.1) is 0 Å². The van der Waals surface area contributed by atoms with Crippen LogP contribution in [0, 0.1) is 0 Å².